The number of carbonyl (C=O) groups is 2. The minimum absolute atomic E-state index is 0.0678. The normalized spacial score (nSPS) is 19.1. The lowest BCUT2D eigenvalue weighted by Crippen LogP contribution is -2.50. The first-order chi connectivity index (χ1) is 24.4. The Hall–Kier alpha value is -5.26. The first kappa shape index (κ1) is 36.5. The predicted molar refractivity (Wildman–Crippen MR) is 174 cm³/mol. The smallest absolute Gasteiger partial charge is 0.411 e. The molecule has 0 unspecified atom stereocenters. The molecule has 2 aromatic heterocycles. The Morgan fingerprint density at radius 2 is 1.73 bits per heavy atom. The number of benzene rings is 2. The highest BCUT2D eigenvalue weighted by Gasteiger charge is 2.64. The number of aromatic nitrogens is 5. The third-order valence-electron chi connectivity index (χ3n) is 8.66. The van der Waals surface area contributed by atoms with Crippen LogP contribution in [0.1, 0.15) is 62.5 Å². The highest BCUT2D eigenvalue weighted by Crippen LogP contribution is 2.49. The van der Waals surface area contributed by atoms with Crippen molar-refractivity contribution in [3.8, 4) is 17.1 Å². The van der Waals surface area contributed by atoms with Crippen molar-refractivity contribution in [1.29, 1.82) is 0 Å². The van der Waals surface area contributed by atoms with Gasteiger partial charge in [0, 0.05) is 24.4 Å². The molecule has 2 aromatic carbocycles. The van der Waals surface area contributed by atoms with Crippen LogP contribution in [0.4, 0.5) is 31.1 Å². The van der Waals surface area contributed by atoms with E-state index in [1.165, 1.54) is 44.2 Å². The predicted octanol–water partition coefficient (Wildman–Crippen LogP) is 6.37. The lowest BCUT2D eigenvalue weighted by atomic mass is 9.80. The summed E-state index contributed by atoms with van der Waals surface area (Å²) in [6.45, 7) is 1.68. The molecule has 0 saturated heterocycles. The number of ether oxygens (including phenoxy) is 1. The van der Waals surface area contributed by atoms with Crippen molar-refractivity contribution in [3.63, 3.8) is 0 Å². The minimum Gasteiger partial charge on any atom is -0.447 e. The highest BCUT2D eigenvalue weighted by atomic mass is 35.5. The molecule has 3 heterocycles. The van der Waals surface area contributed by atoms with Crippen LogP contribution < -0.4 is 11.1 Å². The largest absolute Gasteiger partial charge is 0.447 e. The van der Waals surface area contributed by atoms with E-state index in [1.54, 1.807) is 30.6 Å². The van der Waals surface area contributed by atoms with Gasteiger partial charge >= 0.3 is 12.3 Å². The van der Waals surface area contributed by atoms with Crippen LogP contribution in [-0.2, 0) is 15.1 Å². The number of nitrogens with zero attached hydrogens (tertiary/aromatic N) is 7. The molecule has 0 radical (unpaired) electrons. The Labute approximate surface area is 297 Å². The van der Waals surface area contributed by atoms with E-state index in [0.717, 1.165) is 15.9 Å². The number of alkyl halides is 6. The Morgan fingerprint density at radius 1 is 1.06 bits per heavy atom. The molecule has 52 heavy (non-hydrogen) atoms. The number of halogens is 7. The van der Waals surface area contributed by atoms with Gasteiger partial charge in [-0.1, -0.05) is 41.9 Å². The van der Waals surface area contributed by atoms with Crippen molar-refractivity contribution in [3.05, 3.63) is 89.2 Å². The number of hydrogen-bond donors (Lipinski definition) is 2. The minimum atomic E-state index is -4.75. The van der Waals surface area contributed by atoms with Crippen LogP contribution in [-0.4, -0.2) is 71.6 Å². The molecule has 2 aliphatic rings. The van der Waals surface area contributed by atoms with E-state index in [9.17, 15) is 31.5 Å². The van der Waals surface area contributed by atoms with Gasteiger partial charge < -0.3 is 15.8 Å². The van der Waals surface area contributed by atoms with Crippen LogP contribution in [0.3, 0.4) is 0 Å². The Balaban J connectivity index is 1.41. The van der Waals surface area contributed by atoms with Crippen LogP contribution in [0, 0.1) is 0 Å². The number of nitrogens with two attached hydrogens (primary N) is 1. The zero-order valence-corrected chi connectivity index (χ0v) is 28.2. The number of amides is 2. The third-order valence-corrected chi connectivity index (χ3v) is 8.98. The van der Waals surface area contributed by atoms with Gasteiger partial charge in [0.25, 0.3) is 12.3 Å². The molecule has 1 saturated carbocycles. The van der Waals surface area contributed by atoms with Crippen LogP contribution in [0.2, 0.25) is 5.02 Å². The maximum atomic E-state index is 15.6. The molecular weight excluding hydrogens is 720 g/mol. The molecule has 0 bridgehead atoms. The fourth-order valence-electron chi connectivity index (χ4n) is 6.05. The zero-order valence-electron chi connectivity index (χ0n) is 27.4. The van der Waals surface area contributed by atoms with Gasteiger partial charge in [-0.05, 0) is 56.0 Å². The molecular formula is C33H30ClF6N9O3. The summed E-state index contributed by atoms with van der Waals surface area (Å²) in [5, 5.41) is 5.61. The second-order valence-corrected chi connectivity index (χ2v) is 13.3. The Morgan fingerprint density at radius 3 is 2.33 bits per heavy atom. The zero-order chi connectivity index (χ0) is 37.6. The van der Waals surface area contributed by atoms with Crippen molar-refractivity contribution in [1.82, 2.24) is 34.9 Å². The van der Waals surface area contributed by atoms with Gasteiger partial charge in [0.15, 0.2) is 23.1 Å². The lowest BCUT2D eigenvalue weighted by Gasteiger charge is -2.33. The summed E-state index contributed by atoms with van der Waals surface area (Å²) in [4.78, 5) is 44.9. The number of guanidine groups is 1. The van der Waals surface area contributed by atoms with Crippen LogP contribution >= 0.6 is 11.6 Å². The van der Waals surface area contributed by atoms with Crippen molar-refractivity contribution >= 4 is 29.6 Å². The SMILES string of the molecule is CC(C)(F)C[C@]1(c2ccc(-c3ncccn3)cc2)N=C(N)N([C@H](COC(=O)NC2(C(F)(F)F)CC2)c2ccc(Cl)c(-n3ncnc3C(F)F)c2)C1=O. The first-order valence-corrected chi connectivity index (χ1v) is 16.1. The molecule has 2 atom stereocenters. The second kappa shape index (κ2) is 13.4. The van der Waals surface area contributed by atoms with E-state index in [4.69, 9.17) is 22.1 Å². The van der Waals surface area contributed by atoms with Crippen molar-refractivity contribution in [2.24, 2.45) is 10.7 Å². The summed E-state index contributed by atoms with van der Waals surface area (Å²) in [7, 11) is 0. The molecule has 12 nitrogen and oxygen atoms in total. The number of alkyl carbamates (subject to hydrolysis) is 1. The lowest BCUT2D eigenvalue weighted by molar-refractivity contribution is -0.164. The Bertz CT molecular complexity index is 2000. The van der Waals surface area contributed by atoms with E-state index in [-0.39, 0.29) is 34.7 Å². The van der Waals surface area contributed by atoms with Gasteiger partial charge in [-0.3, -0.25) is 9.69 Å². The van der Waals surface area contributed by atoms with Gasteiger partial charge in [-0.2, -0.15) is 18.3 Å². The maximum Gasteiger partial charge on any atom is 0.411 e. The summed E-state index contributed by atoms with van der Waals surface area (Å²) >= 11 is 6.38. The third kappa shape index (κ3) is 6.98. The van der Waals surface area contributed by atoms with E-state index < -0.39 is 72.2 Å². The second-order valence-electron chi connectivity index (χ2n) is 12.9. The summed E-state index contributed by atoms with van der Waals surface area (Å²) in [6, 6.07) is 10.4. The molecule has 3 N–H and O–H groups in total. The van der Waals surface area contributed by atoms with Gasteiger partial charge in [0.1, 0.15) is 24.1 Å². The van der Waals surface area contributed by atoms with E-state index in [0.29, 0.717) is 11.4 Å². The van der Waals surface area contributed by atoms with E-state index in [1.807, 2.05) is 5.32 Å². The highest BCUT2D eigenvalue weighted by molar-refractivity contribution is 6.32. The van der Waals surface area contributed by atoms with Crippen molar-refractivity contribution in [2.75, 3.05) is 6.61 Å². The summed E-state index contributed by atoms with van der Waals surface area (Å²) < 4.78 is 90.0. The van der Waals surface area contributed by atoms with Gasteiger partial charge in [-0.25, -0.2) is 42.6 Å². The molecule has 1 aliphatic carbocycles. The topological polar surface area (TPSA) is 154 Å². The average Bonchev–Trinajstić information content (AvgIpc) is 3.63. The van der Waals surface area contributed by atoms with Crippen LogP contribution in [0.25, 0.3) is 17.1 Å². The summed E-state index contributed by atoms with van der Waals surface area (Å²) in [6.07, 6.45) is -6.53. The number of aliphatic imine (C=N–C) groups is 1. The molecule has 6 rings (SSSR count). The van der Waals surface area contributed by atoms with Gasteiger partial charge in [0.05, 0.1) is 16.8 Å². The fourth-order valence-corrected chi connectivity index (χ4v) is 6.25. The van der Waals surface area contributed by atoms with Crippen molar-refractivity contribution < 1.29 is 40.7 Å². The molecule has 1 fully saturated rings. The quantitative estimate of drug-likeness (QED) is 0.168. The molecule has 19 heteroatoms. The number of hydrogen-bond acceptors (Lipinski definition) is 9. The number of rotatable bonds is 11. The van der Waals surface area contributed by atoms with E-state index in [2.05, 4.69) is 25.0 Å². The van der Waals surface area contributed by atoms with Crippen LogP contribution in [0.15, 0.2) is 72.2 Å². The summed E-state index contributed by atoms with van der Waals surface area (Å²) in [5.41, 5.74) is 0.725. The standard InChI is InChI=1S/C33H30ClF6N9O3/c1-30(2,37)16-32(20-7-4-18(5-8-20)25-42-12-3-13-43-25)27(50)48(28(41)46-32)23(15-52-29(51)47-31(10-11-31)33(38,39)40)19-6-9-21(34)22(14-19)49-26(24(35)36)44-17-45-49/h3-9,12-14,17,23-24H,10-11,15-16H2,1-2H3,(H2,41,46)(H,47,51)/t23-,32-/m1/s1. The Kier molecular flexibility index (Phi) is 9.39. The first-order valence-electron chi connectivity index (χ1n) is 15.7. The molecule has 1 aliphatic heterocycles. The maximum absolute atomic E-state index is 15.6. The van der Waals surface area contributed by atoms with Gasteiger partial charge in [0.2, 0.25) is 0 Å². The molecule has 4 aromatic rings. The number of nitrogens with one attached hydrogen (secondary N) is 1. The van der Waals surface area contributed by atoms with E-state index >= 15 is 4.39 Å². The van der Waals surface area contributed by atoms with Crippen molar-refractivity contribution in [2.45, 2.75) is 68.5 Å². The number of carbonyl (C=O) groups excluding carboxylic acids is 2. The van der Waals surface area contributed by atoms with Crippen LogP contribution in [0.5, 0.6) is 0 Å². The monoisotopic (exact) mass is 749 g/mol. The van der Waals surface area contributed by atoms with Gasteiger partial charge in [-0.15, -0.1) is 0 Å². The summed E-state index contributed by atoms with van der Waals surface area (Å²) in [5.74, 6) is -1.70. The molecule has 2 amide bonds. The molecule has 274 valence electrons. The molecule has 0 spiro atoms. The fraction of sp³-hybridized carbons (Fsp3) is 0.364. The average molecular weight is 750 g/mol.